The van der Waals surface area contributed by atoms with E-state index >= 15 is 0 Å². The molecule has 0 amide bonds. The summed E-state index contributed by atoms with van der Waals surface area (Å²) in [6, 6.07) is 13.9. The largest absolute Gasteiger partial charge is 0.494 e. The van der Waals surface area contributed by atoms with Gasteiger partial charge in [-0.3, -0.25) is 4.79 Å². The number of rotatable bonds is 4. The van der Waals surface area contributed by atoms with Crippen molar-refractivity contribution in [3.8, 4) is 22.7 Å². The molecule has 0 aliphatic carbocycles. The van der Waals surface area contributed by atoms with Gasteiger partial charge in [0.05, 0.1) is 18.4 Å². The summed E-state index contributed by atoms with van der Waals surface area (Å²) in [4.78, 5) is 11.3. The fourth-order valence-corrected chi connectivity index (χ4v) is 2.22. The lowest BCUT2D eigenvalue weighted by atomic mass is 10.1. The van der Waals surface area contributed by atoms with Crippen LogP contribution in [0.1, 0.15) is 10.4 Å². The van der Waals surface area contributed by atoms with Crippen LogP contribution < -0.4 is 4.74 Å². The highest BCUT2D eigenvalue weighted by Crippen LogP contribution is 2.27. The molecule has 0 bridgehead atoms. The van der Waals surface area contributed by atoms with Crippen molar-refractivity contribution in [1.29, 1.82) is 0 Å². The number of carbonyl (C=O) groups is 1. The SMILES string of the molecule is COc1ccc(-c2nn(-c3ccccc3)cc2C=O)cc1F. The third-order valence-corrected chi connectivity index (χ3v) is 3.32. The molecule has 0 spiro atoms. The summed E-state index contributed by atoms with van der Waals surface area (Å²) in [6.45, 7) is 0. The summed E-state index contributed by atoms with van der Waals surface area (Å²) in [7, 11) is 1.40. The summed E-state index contributed by atoms with van der Waals surface area (Å²) in [5, 5.41) is 4.40. The average Bonchev–Trinajstić information content (AvgIpc) is 3.00. The van der Waals surface area contributed by atoms with E-state index in [-0.39, 0.29) is 5.75 Å². The van der Waals surface area contributed by atoms with Gasteiger partial charge in [0.1, 0.15) is 5.69 Å². The van der Waals surface area contributed by atoms with Gasteiger partial charge in [-0.25, -0.2) is 9.07 Å². The quantitative estimate of drug-likeness (QED) is 0.692. The van der Waals surface area contributed by atoms with E-state index in [2.05, 4.69) is 5.10 Å². The fraction of sp³-hybridized carbons (Fsp3) is 0.0588. The molecule has 0 N–H and O–H groups in total. The Labute approximate surface area is 126 Å². The smallest absolute Gasteiger partial charge is 0.165 e. The minimum atomic E-state index is -0.494. The summed E-state index contributed by atoms with van der Waals surface area (Å²) in [5.74, 6) is -0.343. The second kappa shape index (κ2) is 5.81. The van der Waals surface area contributed by atoms with Crippen molar-refractivity contribution in [3.63, 3.8) is 0 Å². The summed E-state index contributed by atoms with van der Waals surface area (Å²) in [5.41, 5.74) is 2.18. The predicted molar refractivity (Wildman–Crippen MR) is 80.9 cm³/mol. The van der Waals surface area contributed by atoms with Gasteiger partial charge in [0.15, 0.2) is 17.9 Å². The molecule has 0 unspecified atom stereocenters. The van der Waals surface area contributed by atoms with Crippen LogP contribution in [-0.4, -0.2) is 23.2 Å². The van der Waals surface area contributed by atoms with Crippen LogP contribution in [0.2, 0.25) is 0 Å². The molecule has 1 aromatic heterocycles. The van der Waals surface area contributed by atoms with Gasteiger partial charge in [-0.05, 0) is 30.3 Å². The molecule has 5 heteroatoms. The van der Waals surface area contributed by atoms with Gasteiger partial charge in [0, 0.05) is 11.8 Å². The van der Waals surface area contributed by atoms with Crippen LogP contribution in [-0.2, 0) is 0 Å². The monoisotopic (exact) mass is 296 g/mol. The van der Waals surface area contributed by atoms with E-state index in [1.807, 2.05) is 30.3 Å². The lowest BCUT2D eigenvalue weighted by Crippen LogP contribution is -1.94. The van der Waals surface area contributed by atoms with Gasteiger partial charge in [0.25, 0.3) is 0 Å². The molecule has 0 aliphatic rings. The summed E-state index contributed by atoms with van der Waals surface area (Å²) in [6.07, 6.45) is 2.34. The Morgan fingerprint density at radius 2 is 1.95 bits per heavy atom. The number of ether oxygens (including phenoxy) is 1. The molecule has 4 nitrogen and oxygen atoms in total. The second-order valence-corrected chi connectivity index (χ2v) is 4.68. The molecule has 1 heterocycles. The maximum atomic E-state index is 13.9. The Kier molecular flexibility index (Phi) is 3.70. The predicted octanol–water partition coefficient (Wildman–Crippen LogP) is 3.50. The number of halogens is 1. The number of aldehydes is 1. The zero-order valence-electron chi connectivity index (χ0n) is 11.9. The standard InChI is InChI=1S/C17H13FN2O2/c1-22-16-8-7-12(9-15(16)18)17-13(11-21)10-20(19-17)14-5-3-2-4-6-14/h2-11H,1H3. The highest BCUT2D eigenvalue weighted by Gasteiger charge is 2.14. The van der Waals surface area contributed by atoms with Gasteiger partial charge in [-0.15, -0.1) is 0 Å². The lowest BCUT2D eigenvalue weighted by Gasteiger charge is -2.04. The fourth-order valence-electron chi connectivity index (χ4n) is 2.22. The van der Waals surface area contributed by atoms with Gasteiger partial charge in [-0.2, -0.15) is 5.10 Å². The van der Waals surface area contributed by atoms with Crippen LogP contribution >= 0.6 is 0 Å². The van der Waals surface area contributed by atoms with Crippen LogP contribution in [0.3, 0.4) is 0 Å². The maximum Gasteiger partial charge on any atom is 0.165 e. The average molecular weight is 296 g/mol. The molecule has 0 fully saturated rings. The number of para-hydroxylation sites is 1. The van der Waals surface area contributed by atoms with Gasteiger partial charge >= 0.3 is 0 Å². The first-order valence-electron chi connectivity index (χ1n) is 6.67. The van der Waals surface area contributed by atoms with Crippen LogP contribution in [0.15, 0.2) is 54.7 Å². The zero-order valence-corrected chi connectivity index (χ0v) is 11.9. The maximum absolute atomic E-state index is 13.9. The molecule has 0 saturated carbocycles. The van der Waals surface area contributed by atoms with Gasteiger partial charge in [-0.1, -0.05) is 18.2 Å². The molecule has 3 rings (SSSR count). The van der Waals surface area contributed by atoms with E-state index in [4.69, 9.17) is 4.74 Å². The van der Waals surface area contributed by atoms with E-state index in [1.165, 1.54) is 19.2 Å². The number of aromatic nitrogens is 2. The Morgan fingerprint density at radius 1 is 1.18 bits per heavy atom. The van der Waals surface area contributed by atoms with Crippen molar-refractivity contribution in [2.75, 3.05) is 7.11 Å². The Bertz CT molecular complexity index is 813. The summed E-state index contributed by atoms with van der Waals surface area (Å²) >= 11 is 0. The normalized spacial score (nSPS) is 10.5. The van der Waals surface area contributed by atoms with E-state index in [9.17, 15) is 9.18 Å². The van der Waals surface area contributed by atoms with Crippen molar-refractivity contribution in [1.82, 2.24) is 9.78 Å². The molecule has 0 saturated heterocycles. The first-order chi connectivity index (χ1) is 10.7. The molecule has 2 aromatic carbocycles. The van der Waals surface area contributed by atoms with E-state index < -0.39 is 5.82 Å². The van der Waals surface area contributed by atoms with Crippen LogP contribution in [0.25, 0.3) is 16.9 Å². The van der Waals surface area contributed by atoms with E-state index in [1.54, 1.807) is 16.9 Å². The minimum Gasteiger partial charge on any atom is -0.494 e. The zero-order chi connectivity index (χ0) is 15.5. The molecule has 3 aromatic rings. The lowest BCUT2D eigenvalue weighted by molar-refractivity contribution is 0.112. The number of benzene rings is 2. The van der Waals surface area contributed by atoms with Crippen molar-refractivity contribution < 1.29 is 13.9 Å². The van der Waals surface area contributed by atoms with Gasteiger partial charge in [0.2, 0.25) is 0 Å². The molecule has 0 atom stereocenters. The third kappa shape index (κ3) is 2.48. The number of nitrogens with zero attached hydrogens (tertiary/aromatic N) is 2. The minimum absolute atomic E-state index is 0.152. The van der Waals surface area contributed by atoms with Crippen molar-refractivity contribution in [2.24, 2.45) is 0 Å². The first-order valence-corrected chi connectivity index (χ1v) is 6.67. The number of carbonyl (C=O) groups excluding carboxylic acids is 1. The highest BCUT2D eigenvalue weighted by molar-refractivity contribution is 5.85. The van der Waals surface area contributed by atoms with Crippen LogP contribution in [0.4, 0.5) is 4.39 Å². The van der Waals surface area contributed by atoms with Crippen molar-refractivity contribution >= 4 is 6.29 Å². The molecule has 0 radical (unpaired) electrons. The summed E-state index contributed by atoms with van der Waals surface area (Å²) < 4.78 is 20.3. The Morgan fingerprint density at radius 3 is 2.59 bits per heavy atom. The van der Waals surface area contributed by atoms with E-state index in [0.717, 1.165) is 5.69 Å². The number of hydrogen-bond donors (Lipinski definition) is 0. The Hall–Kier alpha value is -2.95. The first kappa shape index (κ1) is 14.0. The molecule has 22 heavy (non-hydrogen) atoms. The van der Waals surface area contributed by atoms with Crippen molar-refractivity contribution in [2.45, 2.75) is 0 Å². The topological polar surface area (TPSA) is 44.1 Å². The highest BCUT2D eigenvalue weighted by atomic mass is 19.1. The van der Waals surface area contributed by atoms with Crippen molar-refractivity contribution in [3.05, 3.63) is 66.1 Å². The second-order valence-electron chi connectivity index (χ2n) is 4.68. The Balaban J connectivity index is 2.09. The molecular weight excluding hydrogens is 283 g/mol. The van der Waals surface area contributed by atoms with Crippen LogP contribution in [0, 0.1) is 5.82 Å². The number of hydrogen-bond acceptors (Lipinski definition) is 3. The van der Waals surface area contributed by atoms with Gasteiger partial charge < -0.3 is 4.74 Å². The molecule has 110 valence electrons. The third-order valence-electron chi connectivity index (χ3n) is 3.32. The molecule has 0 aliphatic heterocycles. The number of methoxy groups -OCH3 is 1. The molecular formula is C17H13FN2O2. The van der Waals surface area contributed by atoms with E-state index in [0.29, 0.717) is 23.1 Å². The van der Waals surface area contributed by atoms with Crippen LogP contribution in [0.5, 0.6) is 5.75 Å².